The number of hydrogen-bond donors (Lipinski definition) is 0. The van der Waals surface area contributed by atoms with Crippen LogP contribution in [0, 0.1) is 0 Å². The lowest BCUT2D eigenvalue weighted by atomic mass is 9.98. The summed E-state index contributed by atoms with van der Waals surface area (Å²) in [5.74, 6) is 0.810. The minimum Gasteiger partial charge on any atom is -0.496 e. The van der Waals surface area contributed by atoms with Crippen molar-refractivity contribution in [3.63, 3.8) is 0 Å². The quantitative estimate of drug-likeness (QED) is 0.407. The smallest absolute Gasteiger partial charge is 0.128 e. The molecule has 0 radical (unpaired) electrons. The van der Waals surface area contributed by atoms with Crippen LogP contribution in [0.2, 0.25) is 0 Å². The summed E-state index contributed by atoms with van der Waals surface area (Å²) in [4.78, 5) is 4.91. The van der Waals surface area contributed by atoms with E-state index >= 15 is 0 Å². The Labute approximate surface area is 155 Å². The van der Waals surface area contributed by atoms with Crippen molar-refractivity contribution >= 4 is 26.8 Å². The van der Waals surface area contributed by atoms with Crippen LogP contribution in [0.1, 0.15) is 0 Å². The Hall–Kier alpha value is -2.65. The van der Waals surface area contributed by atoms with E-state index < -0.39 is 0 Å². The molecule has 0 amide bonds. The van der Waals surface area contributed by atoms with E-state index in [1.807, 2.05) is 48.5 Å². The van der Waals surface area contributed by atoms with Gasteiger partial charge in [-0.1, -0.05) is 60.7 Å². The molecule has 0 atom stereocenters. The highest BCUT2D eigenvalue weighted by atomic mass is 79.9. The van der Waals surface area contributed by atoms with E-state index in [1.165, 1.54) is 0 Å². The fourth-order valence-corrected chi connectivity index (χ4v) is 3.84. The normalized spacial score (nSPS) is 10.8. The van der Waals surface area contributed by atoms with Crippen molar-refractivity contribution in [1.29, 1.82) is 0 Å². The van der Waals surface area contributed by atoms with Gasteiger partial charge in [0.2, 0.25) is 0 Å². The molecule has 2 nitrogen and oxygen atoms in total. The lowest BCUT2D eigenvalue weighted by molar-refractivity contribution is 0.416. The number of nitrogens with zero attached hydrogens (tertiary/aromatic N) is 1. The van der Waals surface area contributed by atoms with E-state index in [1.54, 1.807) is 7.11 Å². The first kappa shape index (κ1) is 15.9. The monoisotopic (exact) mass is 389 g/mol. The largest absolute Gasteiger partial charge is 0.496 e. The van der Waals surface area contributed by atoms with Gasteiger partial charge in [0, 0.05) is 16.5 Å². The molecule has 0 bridgehead atoms. The van der Waals surface area contributed by atoms with Crippen molar-refractivity contribution in [2.45, 2.75) is 0 Å². The molecule has 122 valence electrons. The van der Waals surface area contributed by atoms with Gasteiger partial charge in [0.25, 0.3) is 0 Å². The van der Waals surface area contributed by atoms with Gasteiger partial charge in [-0.05, 0) is 39.7 Å². The minimum absolute atomic E-state index is 0.810. The lowest BCUT2D eigenvalue weighted by Crippen LogP contribution is -1.95. The zero-order valence-corrected chi connectivity index (χ0v) is 15.3. The Kier molecular flexibility index (Phi) is 4.24. The van der Waals surface area contributed by atoms with Gasteiger partial charge < -0.3 is 4.74 Å². The van der Waals surface area contributed by atoms with Gasteiger partial charge in [0.1, 0.15) is 5.75 Å². The Balaban J connectivity index is 2.09. The van der Waals surface area contributed by atoms with Crippen molar-refractivity contribution < 1.29 is 4.74 Å². The number of para-hydroxylation sites is 2. The van der Waals surface area contributed by atoms with Crippen LogP contribution in [0.3, 0.4) is 0 Å². The molecule has 0 aliphatic rings. The first-order valence-corrected chi connectivity index (χ1v) is 8.86. The predicted octanol–water partition coefficient (Wildman–Crippen LogP) is 6.34. The Morgan fingerprint density at radius 3 is 2.28 bits per heavy atom. The first-order valence-electron chi connectivity index (χ1n) is 8.06. The third-order valence-corrected chi connectivity index (χ3v) is 5.03. The van der Waals surface area contributed by atoms with Crippen LogP contribution in [0.25, 0.3) is 33.3 Å². The van der Waals surface area contributed by atoms with Crippen LogP contribution >= 0.6 is 15.9 Å². The number of fused-ring (bicyclic) bond motifs is 1. The SMILES string of the molecule is COc1ccccc1-c1nc2ccccc2c(-c2ccccc2)c1Br. The highest BCUT2D eigenvalue weighted by Crippen LogP contribution is 2.42. The molecule has 0 fully saturated rings. The van der Waals surface area contributed by atoms with Crippen LogP contribution in [0.4, 0.5) is 0 Å². The van der Waals surface area contributed by atoms with E-state index in [4.69, 9.17) is 9.72 Å². The number of hydrogen-bond acceptors (Lipinski definition) is 2. The Morgan fingerprint density at radius 2 is 1.48 bits per heavy atom. The molecule has 3 aromatic carbocycles. The molecule has 0 N–H and O–H groups in total. The Morgan fingerprint density at radius 1 is 0.800 bits per heavy atom. The van der Waals surface area contributed by atoms with Gasteiger partial charge in [-0.25, -0.2) is 4.98 Å². The minimum atomic E-state index is 0.810. The zero-order chi connectivity index (χ0) is 17.2. The molecule has 0 aliphatic heterocycles. The van der Waals surface area contributed by atoms with Crippen molar-refractivity contribution in [3.05, 3.63) is 83.3 Å². The van der Waals surface area contributed by atoms with Crippen molar-refractivity contribution in [3.8, 4) is 28.1 Å². The van der Waals surface area contributed by atoms with Gasteiger partial charge in [-0.15, -0.1) is 0 Å². The van der Waals surface area contributed by atoms with Crippen molar-refractivity contribution in [2.24, 2.45) is 0 Å². The molecule has 4 rings (SSSR count). The van der Waals surface area contributed by atoms with Gasteiger partial charge in [0.05, 0.1) is 22.8 Å². The highest BCUT2D eigenvalue weighted by molar-refractivity contribution is 9.10. The predicted molar refractivity (Wildman–Crippen MR) is 107 cm³/mol. The molecule has 4 aromatic rings. The van der Waals surface area contributed by atoms with Gasteiger partial charge in [-0.3, -0.25) is 0 Å². The number of ether oxygens (including phenoxy) is 1. The molecular weight excluding hydrogens is 374 g/mol. The van der Waals surface area contributed by atoms with Crippen molar-refractivity contribution in [1.82, 2.24) is 4.98 Å². The summed E-state index contributed by atoms with van der Waals surface area (Å²) in [5, 5.41) is 1.12. The summed E-state index contributed by atoms with van der Waals surface area (Å²) in [6, 6.07) is 26.6. The molecule has 0 saturated carbocycles. The topological polar surface area (TPSA) is 22.1 Å². The van der Waals surface area contributed by atoms with Crippen LogP contribution in [-0.2, 0) is 0 Å². The second-order valence-electron chi connectivity index (χ2n) is 5.73. The van der Waals surface area contributed by atoms with Crippen LogP contribution in [0.5, 0.6) is 5.75 Å². The molecule has 3 heteroatoms. The summed E-state index contributed by atoms with van der Waals surface area (Å²) in [6.07, 6.45) is 0. The molecule has 1 aromatic heterocycles. The van der Waals surface area contributed by atoms with E-state index in [0.717, 1.165) is 43.5 Å². The second kappa shape index (κ2) is 6.69. The maximum atomic E-state index is 5.55. The fourth-order valence-electron chi connectivity index (χ4n) is 3.09. The average molecular weight is 390 g/mol. The second-order valence-corrected chi connectivity index (χ2v) is 6.53. The average Bonchev–Trinajstić information content (AvgIpc) is 2.68. The van der Waals surface area contributed by atoms with Crippen LogP contribution < -0.4 is 4.74 Å². The maximum Gasteiger partial charge on any atom is 0.128 e. The van der Waals surface area contributed by atoms with Gasteiger partial charge in [-0.2, -0.15) is 0 Å². The zero-order valence-electron chi connectivity index (χ0n) is 13.7. The number of methoxy groups -OCH3 is 1. The first-order chi connectivity index (χ1) is 12.3. The van der Waals surface area contributed by atoms with E-state index in [9.17, 15) is 0 Å². The van der Waals surface area contributed by atoms with Crippen LogP contribution in [0.15, 0.2) is 83.3 Å². The highest BCUT2D eigenvalue weighted by Gasteiger charge is 2.18. The third-order valence-electron chi connectivity index (χ3n) is 4.26. The molecular formula is C22H16BrNO. The number of pyridine rings is 1. The summed E-state index contributed by atoms with van der Waals surface area (Å²) < 4.78 is 6.53. The van der Waals surface area contributed by atoms with Crippen molar-refractivity contribution in [2.75, 3.05) is 7.11 Å². The summed E-state index contributed by atoms with van der Waals surface area (Å²) >= 11 is 3.82. The molecule has 25 heavy (non-hydrogen) atoms. The number of benzene rings is 3. The third kappa shape index (κ3) is 2.81. The molecule has 0 spiro atoms. The van der Waals surface area contributed by atoms with E-state index in [0.29, 0.717) is 0 Å². The molecule has 0 saturated heterocycles. The van der Waals surface area contributed by atoms with E-state index in [2.05, 4.69) is 46.3 Å². The number of halogens is 1. The standard InChI is InChI=1S/C22H16BrNO/c1-25-19-14-8-6-12-17(19)22-21(23)20(15-9-3-2-4-10-15)16-11-5-7-13-18(16)24-22/h2-14H,1H3. The van der Waals surface area contributed by atoms with E-state index in [-0.39, 0.29) is 0 Å². The maximum absolute atomic E-state index is 5.55. The fraction of sp³-hybridized carbons (Fsp3) is 0.0455. The van der Waals surface area contributed by atoms with Gasteiger partial charge >= 0.3 is 0 Å². The summed E-state index contributed by atoms with van der Waals surface area (Å²) in [5.41, 5.74) is 5.12. The molecule has 1 heterocycles. The van der Waals surface area contributed by atoms with Gasteiger partial charge in [0.15, 0.2) is 0 Å². The molecule has 0 aliphatic carbocycles. The number of rotatable bonds is 3. The lowest BCUT2D eigenvalue weighted by Gasteiger charge is -2.15. The number of aromatic nitrogens is 1. The molecule has 0 unspecified atom stereocenters. The summed E-state index contributed by atoms with van der Waals surface area (Å²) in [6.45, 7) is 0. The Bertz CT molecular complexity index is 1040. The summed E-state index contributed by atoms with van der Waals surface area (Å²) in [7, 11) is 1.69. The van der Waals surface area contributed by atoms with Crippen LogP contribution in [-0.4, -0.2) is 12.1 Å².